The van der Waals surface area contributed by atoms with E-state index in [1.807, 2.05) is 0 Å². The Morgan fingerprint density at radius 1 is 1.12 bits per heavy atom. The maximum absolute atomic E-state index is 10.3. The highest BCUT2D eigenvalue weighted by Gasteiger charge is 2.07. The van der Waals surface area contributed by atoms with Crippen LogP contribution in [0.5, 0.6) is 0 Å². The number of hydrogen-bond acceptors (Lipinski definition) is 3. The van der Waals surface area contributed by atoms with E-state index in [0.29, 0.717) is 6.42 Å². The number of quaternary nitrogens is 1. The topological polar surface area (TPSA) is 81.9 Å². The maximum atomic E-state index is 10.3. The fourth-order valence-electron chi connectivity index (χ4n) is 1.13. The van der Waals surface area contributed by atoms with Gasteiger partial charge in [0, 0.05) is 5.44 Å². The van der Waals surface area contributed by atoms with Crippen LogP contribution in [0, 0.1) is 0 Å². The summed E-state index contributed by atoms with van der Waals surface area (Å²) >= 11 is 0. The average molecular weight is 255 g/mol. The molecule has 0 saturated carbocycles. The van der Waals surface area contributed by atoms with Crippen molar-refractivity contribution in [3.05, 3.63) is 0 Å². The van der Waals surface area contributed by atoms with Gasteiger partial charge >= 0.3 is 0 Å². The van der Waals surface area contributed by atoms with Gasteiger partial charge in [-0.2, -0.15) is 0 Å². The highest BCUT2D eigenvalue weighted by Crippen LogP contribution is 1.98. The third-order valence-corrected chi connectivity index (χ3v) is 3.26. The van der Waals surface area contributed by atoms with Crippen LogP contribution in [0.25, 0.3) is 0 Å². The molecule has 5 nitrogen and oxygen atoms in total. The van der Waals surface area contributed by atoms with Gasteiger partial charge in [-0.1, -0.05) is 13.3 Å². The van der Waals surface area contributed by atoms with Crippen molar-refractivity contribution in [2.24, 2.45) is 0 Å². The Morgan fingerprint density at radius 2 is 1.50 bits per heavy atom. The molecular formula is C10H25NO4S. The van der Waals surface area contributed by atoms with E-state index in [0.717, 1.165) is 0 Å². The van der Waals surface area contributed by atoms with Crippen LogP contribution in [0.3, 0.4) is 0 Å². The summed E-state index contributed by atoms with van der Waals surface area (Å²) in [7, 11) is -4.32. The van der Waals surface area contributed by atoms with Crippen molar-refractivity contribution < 1.29 is 23.0 Å². The summed E-state index contributed by atoms with van der Waals surface area (Å²) < 4.78 is 28.0. The van der Waals surface area contributed by atoms with Crippen molar-refractivity contribution in [1.82, 2.24) is 0 Å². The van der Waals surface area contributed by atoms with Gasteiger partial charge in [0.1, 0.15) is 0 Å². The summed E-state index contributed by atoms with van der Waals surface area (Å²) in [6.07, 6.45) is 0.437. The zero-order chi connectivity index (χ0) is 13.2. The van der Waals surface area contributed by atoms with Gasteiger partial charge in [0.25, 0.3) is 10.1 Å². The molecule has 1 atom stereocenters. The van der Waals surface area contributed by atoms with E-state index in [-0.39, 0.29) is 6.42 Å². The van der Waals surface area contributed by atoms with Crippen molar-refractivity contribution in [1.29, 1.82) is 0 Å². The second-order valence-electron chi connectivity index (χ2n) is 3.54. The zero-order valence-electron chi connectivity index (χ0n) is 10.7. The van der Waals surface area contributed by atoms with E-state index >= 15 is 0 Å². The largest absolute Gasteiger partial charge is 0.839 e. The minimum Gasteiger partial charge on any atom is -0.839 e. The molecule has 0 fully saturated rings. The van der Waals surface area contributed by atoms with Crippen LogP contribution >= 0.6 is 0 Å². The number of rotatable bonds is 6. The van der Waals surface area contributed by atoms with Crippen LogP contribution in [-0.2, 0) is 10.1 Å². The van der Waals surface area contributed by atoms with Crippen molar-refractivity contribution in [3.63, 3.8) is 0 Å². The first-order chi connectivity index (χ1) is 7.33. The molecule has 0 radical (unpaired) electrons. The molecule has 6 heteroatoms. The summed E-state index contributed by atoms with van der Waals surface area (Å²) in [5.74, 6) is 0. The lowest BCUT2D eigenvalue weighted by atomic mass is 10.4. The standard InChI is InChI=1S/C6H15N.C4H9O4S/c1-4-7(5-2)6-3;1-2-3-4(5)9(6,7)8/h4-6H2,1-3H3;4H,2-3H2,1H3,(H,6,7,8)/q;-1/p+1. The molecule has 0 aliphatic carbocycles. The second-order valence-corrected chi connectivity index (χ2v) is 5.10. The van der Waals surface area contributed by atoms with Crippen LogP contribution in [0.2, 0.25) is 0 Å². The molecule has 100 valence electrons. The van der Waals surface area contributed by atoms with Crippen LogP contribution in [0.1, 0.15) is 40.5 Å². The molecule has 2 N–H and O–H groups in total. The number of nitrogens with one attached hydrogen (secondary N) is 1. The molecule has 0 aromatic rings. The Balaban J connectivity index is 0. The van der Waals surface area contributed by atoms with Crippen molar-refractivity contribution in [2.75, 3.05) is 19.6 Å². The molecule has 0 heterocycles. The monoisotopic (exact) mass is 255 g/mol. The molecule has 0 saturated heterocycles. The van der Waals surface area contributed by atoms with Crippen LogP contribution in [0.15, 0.2) is 0 Å². The minimum atomic E-state index is -4.32. The first-order valence-electron chi connectivity index (χ1n) is 5.78. The van der Waals surface area contributed by atoms with Gasteiger partial charge in [0.2, 0.25) is 0 Å². The second kappa shape index (κ2) is 10.0. The van der Waals surface area contributed by atoms with Gasteiger partial charge < -0.3 is 10.0 Å². The Kier molecular flexibility index (Phi) is 11.4. The Bertz CT molecular complexity index is 232. The summed E-state index contributed by atoms with van der Waals surface area (Å²) in [5.41, 5.74) is -1.86. The third kappa shape index (κ3) is 10.4. The first kappa shape index (κ1) is 18.2. The van der Waals surface area contributed by atoms with Crippen LogP contribution in [0.4, 0.5) is 0 Å². The zero-order valence-corrected chi connectivity index (χ0v) is 11.5. The van der Waals surface area contributed by atoms with Crippen molar-refractivity contribution in [3.8, 4) is 0 Å². The predicted molar refractivity (Wildman–Crippen MR) is 62.8 cm³/mol. The summed E-state index contributed by atoms with van der Waals surface area (Å²) in [5, 5.41) is 10.3. The molecule has 0 aromatic carbocycles. The lowest BCUT2D eigenvalue weighted by Crippen LogP contribution is -3.11. The van der Waals surface area contributed by atoms with Crippen molar-refractivity contribution >= 4 is 10.1 Å². The molecule has 0 spiro atoms. The van der Waals surface area contributed by atoms with Gasteiger partial charge in [-0.15, -0.1) is 0 Å². The molecule has 0 aromatic heterocycles. The smallest absolute Gasteiger partial charge is 0.252 e. The summed E-state index contributed by atoms with van der Waals surface area (Å²) in [4.78, 5) is 1.68. The molecule has 1 unspecified atom stereocenters. The van der Waals surface area contributed by atoms with Crippen LogP contribution < -0.4 is 10.0 Å². The highest BCUT2D eigenvalue weighted by molar-refractivity contribution is 7.86. The quantitative estimate of drug-likeness (QED) is 0.614. The SMILES string of the molecule is CCCC([O-])S(=O)(=O)O.CC[NH+](CC)CC. The van der Waals surface area contributed by atoms with Crippen LogP contribution in [-0.4, -0.2) is 38.0 Å². The van der Waals surface area contributed by atoms with E-state index in [9.17, 15) is 13.5 Å². The van der Waals surface area contributed by atoms with E-state index in [1.54, 1.807) is 11.8 Å². The third-order valence-electron chi connectivity index (χ3n) is 2.36. The number of hydrogen-bond donors (Lipinski definition) is 2. The van der Waals surface area contributed by atoms with E-state index in [4.69, 9.17) is 4.55 Å². The van der Waals surface area contributed by atoms with Crippen molar-refractivity contribution in [2.45, 2.75) is 46.0 Å². The van der Waals surface area contributed by atoms with E-state index < -0.39 is 15.6 Å². The lowest BCUT2D eigenvalue weighted by molar-refractivity contribution is -0.894. The summed E-state index contributed by atoms with van der Waals surface area (Å²) in [6.45, 7) is 12.2. The van der Waals surface area contributed by atoms with Gasteiger partial charge in [0.05, 0.1) is 19.6 Å². The average Bonchev–Trinajstić information content (AvgIpc) is 2.20. The normalized spacial score (nSPS) is 13.2. The van der Waals surface area contributed by atoms with Gasteiger partial charge in [0.15, 0.2) is 0 Å². The van der Waals surface area contributed by atoms with E-state index in [1.165, 1.54) is 19.6 Å². The van der Waals surface area contributed by atoms with Gasteiger partial charge in [-0.3, -0.25) is 4.55 Å². The molecule has 0 aliphatic rings. The minimum absolute atomic E-state index is 0.0289. The lowest BCUT2D eigenvalue weighted by Gasteiger charge is -2.16. The molecule has 0 rings (SSSR count). The Morgan fingerprint density at radius 3 is 1.56 bits per heavy atom. The van der Waals surface area contributed by atoms with Gasteiger partial charge in [-0.25, -0.2) is 8.42 Å². The Hall–Kier alpha value is -0.170. The molecule has 16 heavy (non-hydrogen) atoms. The molecule has 0 amide bonds. The molecule has 0 aliphatic heterocycles. The Labute approximate surface area is 99.2 Å². The van der Waals surface area contributed by atoms with Gasteiger partial charge in [-0.05, 0) is 27.2 Å². The fraction of sp³-hybridized carbons (Fsp3) is 1.00. The van der Waals surface area contributed by atoms with E-state index in [2.05, 4.69) is 20.8 Å². The molecule has 0 bridgehead atoms. The predicted octanol–water partition coefficient (Wildman–Crippen LogP) is -0.708. The fourth-order valence-corrected chi connectivity index (χ4v) is 1.67. The maximum Gasteiger partial charge on any atom is 0.252 e. The highest BCUT2D eigenvalue weighted by atomic mass is 32.2. The molecular weight excluding hydrogens is 230 g/mol. The first-order valence-corrected chi connectivity index (χ1v) is 7.29. The summed E-state index contributed by atoms with van der Waals surface area (Å²) in [6, 6.07) is 0.